The third kappa shape index (κ3) is 7.43. The smallest absolute Gasteiger partial charge is 0.0819 e. The van der Waals surface area contributed by atoms with E-state index in [0.717, 1.165) is 0 Å². The van der Waals surface area contributed by atoms with Crippen LogP contribution in [0.3, 0.4) is 0 Å². The van der Waals surface area contributed by atoms with E-state index in [1.54, 1.807) is 0 Å². The zero-order chi connectivity index (χ0) is 33.6. The highest BCUT2D eigenvalue weighted by atomic mass is 31.1. The Hall–Kier alpha value is -3.79. The summed E-state index contributed by atoms with van der Waals surface area (Å²) in [5.41, 5.74) is 7.85. The number of rotatable bonds is 11. The Bertz CT molecular complexity index is 1730. The van der Waals surface area contributed by atoms with Crippen LogP contribution in [0.25, 0.3) is 11.1 Å². The molecule has 0 aliphatic heterocycles. The molecule has 6 heteroatoms. The van der Waals surface area contributed by atoms with E-state index in [1.807, 2.05) is 0 Å². The van der Waals surface area contributed by atoms with Gasteiger partial charge >= 0.3 is 0 Å². The zero-order valence-electron chi connectivity index (χ0n) is 28.8. The topological polar surface area (TPSA) is 24.1 Å². The van der Waals surface area contributed by atoms with Gasteiger partial charge in [-0.3, -0.25) is 0 Å². The van der Waals surface area contributed by atoms with Gasteiger partial charge in [-0.25, -0.2) is 0 Å². The van der Waals surface area contributed by atoms with E-state index < -0.39 is 33.7 Å². The first-order valence-electron chi connectivity index (χ1n) is 16.6. The fourth-order valence-electron chi connectivity index (χ4n) is 6.21. The average Bonchev–Trinajstić information content (AvgIpc) is 3.11. The van der Waals surface area contributed by atoms with Gasteiger partial charge in [0.25, 0.3) is 0 Å². The lowest BCUT2D eigenvalue weighted by Gasteiger charge is -2.31. The van der Waals surface area contributed by atoms with E-state index in [0.29, 0.717) is 0 Å². The van der Waals surface area contributed by atoms with Crippen molar-refractivity contribution in [2.24, 2.45) is 0 Å². The van der Waals surface area contributed by atoms with Crippen LogP contribution in [0.15, 0.2) is 146 Å². The standard InChI is InChI=1S/C42H44N2P2Si2/c1-31-27-29-37(47(3)4)41(43-45(33-19-11-7-12-20-33)34-21-13-8-14-22-34)39(31)40-32(2)28-30-38(48(5)6)42(40)44-46(35-23-15-9-16-24-35)36-25-17-10-18-26-36/h7-30,43-44H,1-6H3. The molecule has 2 radical (unpaired) electrons. The van der Waals surface area contributed by atoms with Crippen LogP contribution in [-0.2, 0) is 0 Å². The summed E-state index contributed by atoms with van der Waals surface area (Å²) in [4.78, 5) is 0. The lowest BCUT2D eigenvalue weighted by atomic mass is 9.93. The minimum Gasteiger partial charge on any atom is -0.357 e. The molecule has 0 atom stereocenters. The Balaban J connectivity index is 1.61. The van der Waals surface area contributed by atoms with Gasteiger partial charge in [-0.1, -0.05) is 172 Å². The largest absolute Gasteiger partial charge is 0.357 e. The normalized spacial score (nSPS) is 11.5. The Kier molecular flexibility index (Phi) is 11.1. The molecule has 2 N–H and O–H groups in total. The first kappa shape index (κ1) is 34.1. The summed E-state index contributed by atoms with van der Waals surface area (Å²) in [5.74, 6) is 0. The Morgan fingerprint density at radius 2 is 0.646 bits per heavy atom. The van der Waals surface area contributed by atoms with Crippen molar-refractivity contribution in [3.8, 4) is 11.1 Å². The Morgan fingerprint density at radius 3 is 0.896 bits per heavy atom. The Labute approximate surface area is 293 Å². The molecule has 0 unspecified atom stereocenters. The van der Waals surface area contributed by atoms with Gasteiger partial charge in [-0.05, 0) is 35.3 Å². The number of anilines is 2. The van der Waals surface area contributed by atoms with E-state index >= 15 is 0 Å². The molecule has 0 aromatic heterocycles. The Morgan fingerprint density at radius 1 is 0.375 bits per heavy atom. The van der Waals surface area contributed by atoms with Crippen LogP contribution in [0.1, 0.15) is 11.1 Å². The maximum absolute atomic E-state index is 4.27. The molecule has 0 aliphatic carbocycles. The van der Waals surface area contributed by atoms with Crippen LogP contribution >= 0.6 is 16.1 Å². The van der Waals surface area contributed by atoms with Gasteiger partial charge in [0.2, 0.25) is 0 Å². The van der Waals surface area contributed by atoms with Gasteiger partial charge in [0.1, 0.15) is 0 Å². The summed E-state index contributed by atoms with van der Waals surface area (Å²) in [5, 5.41) is 16.7. The van der Waals surface area contributed by atoms with Crippen molar-refractivity contribution in [3.05, 3.63) is 157 Å². The van der Waals surface area contributed by atoms with Gasteiger partial charge in [-0.15, -0.1) is 0 Å². The fraction of sp³-hybridized carbons (Fsp3) is 0.143. The predicted molar refractivity (Wildman–Crippen MR) is 221 cm³/mol. The lowest BCUT2D eigenvalue weighted by molar-refractivity contribution is 1.42. The molecule has 0 fully saturated rings. The van der Waals surface area contributed by atoms with Crippen molar-refractivity contribution in [2.75, 3.05) is 10.2 Å². The number of hydrogen-bond donors (Lipinski definition) is 2. The summed E-state index contributed by atoms with van der Waals surface area (Å²) < 4.78 is 0. The molecule has 6 aromatic carbocycles. The predicted octanol–water partition coefficient (Wildman–Crippen LogP) is 8.81. The van der Waals surface area contributed by atoms with Crippen molar-refractivity contribution < 1.29 is 0 Å². The molecule has 6 aromatic rings. The molecule has 2 nitrogen and oxygen atoms in total. The van der Waals surface area contributed by atoms with Crippen LogP contribution in [0.4, 0.5) is 11.4 Å². The molecule has 0 amide bonds. The number of nitrogens with one attached hydrogen (secondary N) is 2. The van der Waals surface area contributed by atoms with Crippen molar-refractivity contribution >= 4 is 76.7 Å². The molecule has 48 heavy (non-hydrogen) atoms. The van der Waals surface area contributed by atoms with E-state index in [1.165, 1.54) is 65.2 Å². The molecular formula is C42H44N2P2Si2. The second-order valence-corrected chi connectivity index (χ2v) is 21.5. The number of benzene rings is 6. The minimum atomic E-state index is -0.859. The van der Waals surface area contributed by atoms with E-state index in [4.69, 9.17) is 0 Å². The molecule has 0 saturated carbocycles. The molecule has 6 rings (SSSR count). The summed E-state index contributed by atoms with van der Waals surface area (Å²) in [7, 11) is -3.35. The highest BCUT2D eigenvalue weighted by molar-refractivity contribution is 7.74. The molecule has 0 saturated heterocycles. The maximum Gasteiger partial charge on any atom is 0.0819 e. The second kappa shape index (κ2) is 15.6. The maximum atomic E-state index is 4.27. The summed E-state index contributed by atoms with van der Waals surface area (Å²) in [6.45, 7) is 14.3. The van der Waals surface area contributed by atoms with Crippen LogP contribution in [0.2, 0.25) is 26.2 Å². The molecular weight excluding hydrogens is 651 g/mol. The van der Waals surface area contributed by atoms with Crippen LogP contribution in [0, 0.1) is 13.8 Å². The van der Waals surface area contributed by atoms with E-state index in [9.17, 15) is 0 Å². The van der Waals surface area contributed by atoms with E-state index in [2.05, 4.69) is 196 Å². The monoisotopic (exact) mass is 694 g/mol. The third-order valence-corrected chi connectivity index (χ3v) is 15.8. The molecule has 240 valence electrons. The van der Waals surface area contributed by atoms with Gasteiger partial charge in [0.15, 0.2) is 0 Å². The molecule has 0 spiro atoms. The third-order valence-electron chi connectivity index (χ3n) is 8.66. The first-order chi connectivity index (χ1) is 23.3. The summed E-state index contributed by atoms with van der Waals surface area (Å²) in [6, 6.07) is 53.5. The number of aryl methyl sites for hydroxylation is 2. The number of hydrogen-bond acceptors (Lipinski definition) is 2. The first-order valence-corrected chi connectivity index (χ1v) is 24.2. The highest BCUT2D eigenvalue weighted by Gasteiger charge is 2.27. The molecule has 0 aliphatic rings. The van der Waals surface area contributed by atoms with Crippen LogP contribution in [-0.4, -0.2) is 17.6 Å². The second-order valence-electron chi connectivity index (χ2n) is 12.6. The van der Waals surface area contributed by atoms with Gasteiger partial charge < -0.3 is 10.2 Å². The average molecular weight is 695 g/mol. The quantitative estimate of drug-likeness (QED) is 0.105. The minimum absolute atomic E-state index is 0.817. The van der Waals surface area contributed by atoms with Crippen molar-refractivity contribution in [1.29, 1.82) is 0 Å². The lowest BCUT2D eigenvalue weighted by Crippen LogP contribution is -2.30. The van der Waals surface area contributed by atoms with Crippen molar-refractivity contribution in [1.82, 2.24) is 0 Å². The van der Waals surface area contributed by atoms with E-state index in [-0.39, 0.29) is 0 Å². The van der Waals surface area contributed by atoms with Gasteiger partial charge in [0.05, 0.1) is 33.7 Å². The SMILES string of the molecule is Cc1ccc([Si](C)C)c(NP(c2ccccc2)c2ccccc2)c1-c1c(C)ccc([Si](C)C)c1NP(c1ccccc1)c1ccccc1. The highest BCUT2D eigenvalue weighted by Crippen LogP contribution is 2.45. The molecule has 0 bridgehead atoms. The van der Waals surface area contributed by atoms with Crippen LogP contribution < -0.4 is 41.8 Å². The van der Waals surface area contributed by atoms with Crippen molar-refractivity contribution in [2.45, 2.75) is 40.0 Å². The molecule has 0 heterocycles. The van der Waals surface area contributed by atoms with Gasteiger partial charge in [0, 0.05) is 43.7 Å². The zero-order valence-corrected chi connectivity index (χ0v) is 32.5. The fourth-order valence-corrected chi connectivity index (χ4v) is 12.5. The van der Waals surface area contributed by atoms with Crippen molar-refractivity contribution in [3.63, 3.8) is 0 Å². The summed E-state index contributed by atoms with van der Waals surface area (Å²) >= 11 is 0. The van der Waals surface area contributed by atoms with Gasteiger partial charge in [-0.2, -0.15) is 0 Å². The summed E-state index contributed by atoms with van der Waals surface area (Å²) in [6.07, 6.45) is 0. The van der Waals surface area contributed by atoms with Crippen LogP contribution in [0.5, 0.6) is 0 Å².